The molecule has 0 atom stereocenters. The molecule has 0 fully saturated rings. The quantitative estimate of drug-likeness (QED) is 0.452. The summed E-state index contributed by atoms with van der Waals surface area (Å²) >= 11 is 5.79. The Labute approximate surface area is 188 Å². The van der Waals surface area contributed by atoms with Crippen LogP contribution in [0, 0.1) is 5.82 Å². The molecule has 0 spiro atoms. The summed E-state index contributed by atoms with van der Waals surface area (Å²) < 4.78 is 45.8. The summed E-state index contributed by atoms with van der Waals surface area (Å²) in [6.45, 7) is -0.469. The molecular weight excluding hydrogens is 461 g/mol. The predicted octanol–water partition coefficient (Wildman–Crippen LogP) is 3.12. The van der Waals surface area contributed by atoms with E-state index in [1.807, 2.05) is 0 Å². The normalized spacial score (nSPS) is 10.8. The van der Waals surface area contributed by atoms with E-state index in [9.17, 15) is 22.4 Å². The van der Waals surface area contributed by atoms with E-state index >= 15 is 0 Å². The first-order valence-corrected chi connectivity index (χ1v) is 10.9. The van der Waals surface area contributed by atoms with Crippen molar-refractivity contribution in [2.75, 3.05) is 11.3 Å². The molecule has 11 heteroatoms. The minimum absolute atomic E-state index is 0.00432. The summed E-state index contributed by atoms with van der Waals surface area (Å²) in [5, 5.41) is 0.454. The van der Waals surface area contributed by atoms with E-state index in [1.54, 1.807) is 0 Å². The highest BCUT2D eigenvalue weighted by atomic mass is 35.5. The molecule has 3 rings (SSSR count). The standard InChI is InChI=1S/C21H17ClFN3O5S/c22-15-7-9-17(10-8-15)26-32(29,30)19-6-1-3-14(11-19)21(28)25-24-20(27)13-31-18-5-2-4-16(23)12-18/h1-12,26H,13H2,(H,24,27)(H,25,28). The highest BCUT2D eigenvalue weighted by Gasteiger charge is 2.17. The maximum Gasteiger partial charge on any atom is 0.276 e. The average molecular weight is 478 g/mol. The van der Waals surface area contributed by atoms with Gasteiger partial charge in [0, 0.05) is 22.3 Å². The second kappa shape index (κ2) is 10.1. The van der Waals surface area contributed by atoms with Gasteiger partial charge >= 0.3 is 0 Å². The van der Waals surface area contributed by atoms with E-state index in [0.29, 0.717) is 10.7 Å². The fourth-order valence-electron chi connectivity index (χ4n) is 2.48. The first-order chi connectivity index (χ1) is 15.2. The molecule has 0 bridgehead atoms. The zero-order valence-corrected chi connectivity index (χ0v) is 17.9. The zero-order valence-electron chi connectivity index (χ0n) is 16.3. The predicted molar refractivity (Wildman–Crippen MR) is 116 cm³/mol. The first-order valence-electron chi connectivity index (χ1n) is 9.09. The average Bonchev–Trinajstić information content (AvgIpc) is 2.77. The SMILES string of the molecule is O=C(COc1cccc(F)c1)NNC(=O)c1cccc(S(=O)(=O)Nc2ccc(Cl)cc2)c1. The van der Waals surface area contributed by atoms with Crippen molar-refractivity contribution in [2.24, 2.45) is 0 Å². The largest absolute Gasteiger partial charge is 0.484 e. The third-order valence-electron chi connectivity index (χ3n) is 3.98. The van der Waals surface area contributed by atoms with E-state index in [4.69, 9.17) is 16.3 Å². The van der Waals surface area contributed by atoms with Crippen molar-refractivity contribution in [2.45, 2.75) is 4.90 Å². The molecule has 8 nitrogen and oxygen atoms in total. The van der Waals surface area contributed by atoms with Crippen molar-refractivity contribution < 1.29 is 27.1 Å². The van der Waals surface area contributed by atoms with Crippen LogP contribution in [0.3, 0.4) is 0 Å². The highest BCUT2D eigenvalue weighted by molar-refractivity contribution is 7.92. The number of hydrogen-bond acceptors (Lipinski definition) is 5. The van der Waals surface area contributed by atoms with Gasteiger partial charge in [0.05, 0.1) is 4.90 Å². The lowest BCUT2D eigenvalue weighted by molar-refractivity contribution is -0.123. The Morgan fingerprint density at radius 1 is 0.938 bits per heavy atom. The lowest BCUT2D eigenvalue weighted by atomic mass is 10.2. The Bertz CT molecular complexity index is 1240. The molecule has 3 N–H and O–H groups in total. The van der Waals surface area contributed by atoms with Crippen molar-refractivity contribution in [1.29, 1.82) is 0 Å². The van der Waals surface area contributed by atoms with Crippen LogP contribution >= 0.6 is 11.6 Å². The van der Waals surface area contributed by atoms with E-state index in [0.717, 1.165) is 12.1 Å². The van der Waals surface area contributed by atoms with Crippen LogP contribution in [0.25, 0.3) is 0 Å². The number of benzene rings is 3. The molecule has 32 heavy (non-hydrogen) atoms. The van der Waals surface area contributed by atoms with E-state index < -0.39 is 34.3 Å². The summed E-state index contributed by atoms with van der Waals surface area (Å²) in [4.78, 5) is 24.0. The van der Waals surface area contributed by atoms with Gasteiger partial charge in [0.1, 0.15) is 11.6 Å². The maximum absolute atomic E-state index is 13.1. The van der Waals surface area contributed by atoms with Crippen molar-refractivity contribution >= 4 is 39.1 Å². The number of ether oxygens (including phenoxy) is 1. The molecule has 0 aliphatic heterocycles. The van der Waals surface area contributed by atoms with Crippen LogP contribution in [-0.2, 0) is 14.8 Å². The lowest BCUT2D eigenvalue weighted by Crippen LogP contribution is -2.43. The van der Waals surface area contributed by atoms with Gasteiger partial charge in [-0.3, -0.25) is 25.2 Å². The van der Waals surface area contributed by atoms with Crippen molar-refractivity contribution in [3.63, 3.8) is 0 Å². The number of rotatable bonds is 7. The molecule has 0 saturated carbocycles. The lowest BCUT2D eigenvalue weighted by Gasteiger charge is -2.11. The fourth-order valence-corrected chi connectivity index (χ4v) is 3.71. The molecule has 2 amide bonds. The Balaban J connectivity index is 1.58. The topological polar surface area (TPSA) is 114 Å². The molecule has 3 aromatic rings. The molecule has 0 radical (unpaired) electrons. The number of hydrogen-bond donors (Lipinski definition) is 3. The zero-order chi connectivity index (χ0) is 23.1. The second-order valence-electron chi connectivity index (χ2n) is 6.39. The summed E-state index contributed by atoms with van der Waals surface area (Å²) in [6, 6.07) is 16.5. The van der Waals surface area contributed by atoms with Crippen LogP contribution in [0.2, 0.25) is 5.02 Å². The van der Waals surface area contributed by atoms with Gasteiger partial charge < -0.3 is 4.74 Å². The number of halogens is 2. The van der Waals surface area contributed by atoms with Gasteiger partial charge in [0.15, 0.2) is 6.61 Å². The Morgan fingerprint density at radius 2 is 1.66 bits per heavy atom. The van der Waals surface area contributed by atoms with Gasteiger partial charge in [-0.2, -0.15) is 0 Å². The van der Waals surface area contributed by atoms with Crippen molar-refractivity contribution in [3.8, 4) is 5.75 Å². The third kappa shape index (κ3) is 6.43. The summed E-state index contributed by atoms with van der Waals surface area (Å²) in [5.74, 6) is -1.81. The highest BCUT2D eigenvalue weighted by Crippen LogP contribution is 2.19. The minimum atomic E-state index is -3.97. The molecule has 0 aliphatic rings. The van der Waals surface area contributed by atoms with Crippen LogP contribution in [0.5, 0.6) is 5.75 Å². The van der Waals surface area contributed by atoms with Gasteiger partial charge in [0.2, 0.25) is 0 Å². The molecule has 3 aromatic carbocycles. The number of nitrogens with one attached hydrogen (secondary N) is 3. The van der Waals surface area contributed by atoms with Crippen LogP contribution in [-0.4, -0.2) is 26.8 Å². The molecule has 0 aromatic heterocycles. The summed E-state index contributed by atoms with van der Waals surface area (Å²) in [6.07, 6.45) is 0. The second-order valence-corrected chi connectivity index (χ2v) is 8.51. The van der Waals surface area contributed by atoms with Gasteiger partial charge in [-0.15, -0.1) is 0 Å². The molecular formula is C21H17ClFN3O5S. The van der Waals surface area contributed by atoms with E-state index in [-0.39, 0.29) is 16.2 Å². The van der Waals surface area contributed by atoms with Crippen LogP contribution in [0.15, 0.2) is 77.7 Å². The van der Waals surface area contributed by atoms with Crippen molar-refractivity contribution in [3.05, 3.63) is 89.2 Å². The monoisotopic (exact) mass is 477 g/mol. The third-order valence-corrected chi connectivity index (χ3v) is 5.62. The Hall–Kier alpha value is -3.63. The van der Waals surface area contributed by atoms with E-state index in [2.05, 4.69) is 15.6 Å². The van der Waals surface area contributed by atoms with Gasteiger partial charge in [-0.05, 0) is 54.6 Å². The van der Waals surface area contributed by atoms with Crippen LogP contribution in [0.1, 0.15) is 10.4 Å². The Kier molecular flexibility index (Phi) is 7.29. The smallest absolute Gasteiger partial charge is 0.276 e. The fraction of sp³-hybridized carbons (Fsp3) is 0.0476. The van der Waals surface area contributed by atoms with Crippen LogP contribution in [0.4, 0.5) is 10.1 Å². The molecule has 0 heterocycles. The van der Waals surface area contributed by atoms with Crippen molar-refractivity contribution in [1.82, 2.24) is 10.9 Å². The molecule has 166 valence electrons. The molecule has 0 aliphatic carbocycles. The van der Waals surface area contributed by atoms with Gasteiger partial charge in [-0.25, -0.2) is 12.8 Å². The van der Waals surface area contributed by atoms with Gasteiger partial charge in [0.25, 0.3) is 21.8 Å². The minimum Gasteiger partial charge on any atom is -0.484 e. The first kappa shape index (κ1) is 23.0. The van der Waals surface area contributed by atoms with Crippen LogP contribution < -0.4 is 20.3 Å². The molecule has 0 saturated heterocycles. The number of carbonyl (C=O) groups excluding carboxylic acids is 2. The summed E-state index contributed by atoms with van der Waals surface area (Å²) in [7, 11) is -3.97. The number of anilines is 1. The molecule has 0 unspecified atom stereocenters. The number of amides is 2. The van der Waals surface area contributed by atoms with E-state index in [1.165, 1.54) is 60.7 Å². The van der Waals surface area contributed by atoms with Gasteiger partial charge in [-0.1, -0.05) is 23.7 Å². The Morgan fingerprint density at radius 3 is 2.38 bits per heavy atom. The number of carbonyl (C=O) groups is 2. The maximum atomic E-state index is 13.1. The summed E-state index contributed by atoms with van der Waals surface area (Å²) in [5.41, 5.74) is 4.59. The number of sulfonamides is 1. The number of hydrazine groups is 1.